The van der Waals surface area contributed by atoms with Crippen LogP contribution < -0.4 is 5.32 Å². The van der Waals surface area contributed by atoms with E-state index in [1.807, 2.05) is 30.3 Å². The average Bonchev–Trinajstić information content (AvgIpc) is 2.65. The zero-order valence-electron chi connectivity index (χ0n) is 20.5. The number of nitrogens with one attached hydrogen (secondary N) is 2. The van der Waals surface area contributed by atoms with Crippen LogP contribution in [0.1, 0.15) is 73.3 Å². The van der Waals surface area contributed by atoms with Crippen LogP contribution in [0.15, 0.2) is 30.3 Å². The molecule has 0 aliphatic rings. The highest BCUT2D eigenvalue weighted by Gasteiger charge is 2.30. The Morgan fingerprint density at radius 2 is 1.62 bits per heavy atom. The number of carbonyl (C=O) groups is 2. The van der Waals surface area contributed by atoms with E-state index in [1.165, 1.54) is 0 Å². The molecule has 32 heavy (non-hydrogen) atoms. The molecule has 8 nitrogen and oxygen atoms in total. The summed E-state index contributed by atoms with van der Waals surface area (Å²) in [5.74, 6) is -0.418. The normalized spacial score (nSPS) is 12.6. The van der Waals surface area contributed by atoms with Gasteiger partial charge in [-0.25, -0.2) is 14.5 Å². The van der Waals surface area contributed by atoms with Crippen molar-refractivity contribution in [3.8, 4) is 0 Å². The lowest BCUT2D eigenvalue weighted by molar-refractivity contribution is 0.00229. The minimum absolute atomic E-state index is 0.0659. The summed E-state index contributed by atoms with van der Waals surface area (Å²) in [5.41, 5.74) is -0.477. The smallest absolute Gasteiger partial charge is 0.417 e. The second kappa shape index (κ2) is 12.4. The number of unbranched alkanes of at least 4 members (excludes halogenated alkanes) is 1. The van der Waals surface area contributed by atoms with E-state index in [4.69, 9.17) is 19.6 Å². The van der Waals surface area contributed by atoms with Gasteiger partial charge in [-0.15, -0.1) is 0 Å². The van der Waals surface area contributed by atoms with Gasteiger partial charge in [-0.1, -0.05) is 50.1 Å². The minimum atomic E-state index is -0.814. The molecule has 0 aliphatic heterocycles. The number of nitrogens with zero attached hydrogens (tertiary/aromatic N) is 1. The summed E-state index contributed by atoms with van der Waals surface area (Å²) >= 11 is 0. The number of carbonyl (C=O) groups excluding carboxylic acids is 2. The minimum Gasteiger partial charge on any atom is -0.444 e. The van der Waals surface area contributed by atoms with Gasteiger partial charge in [0.2, 0.25) is 5.96 Å². The fraction of sp³-hybridized carbons (Fsp3) is 0.625. The summed E-state index contributed by atoms with van der Waals surface area (Å²) < 4.78 is 16.8. The zero-order valence-corrected chi connectivity index (χ0v) is 20.5. The van der Waals surface area contributed by atoms with Gasteiger partial charge in [0.15, 0.2) is 0 Å². The van der Waals surface area contributed by atoms with Gasteiger partial charge in [-0.3, -0.25) is 10.7 Å². The van der Waals surface area contributed by atoms with E-state index in [-0.39, 0.29) is 12.6 Å². The SMILES string of the molecule is CCCCC(CN(C(=N)NC(=O)OC(C)(C)C)C(=O)OC(C)(C)C)OCc1ccccc1. The van der Waals surface area contributed by atoms with Crippen molar-refractivity contribution < 1.29 is 23.8 Å². The van der Waals surface area contributed by atoms with E-state index in [9.17, 15) is 9.59 Å². The molecule has 0 aromatic heterocycles. The van der Waals surface area contributed by atoms with Crippen LogP contribution in [0.4, 0.5) is 9.59 Å². The Labute approximate surface area is 192 Å². The van der Waals surface area contributed by atoms with Crippen molar-refractivity contribution in [2.45, 2.75) is 91.6 Å². The summed E-state index contributed by atoms with van der Waals surface area (Å²) in [6.45, 7) is 12.9. The summed E-state index contributed by atoms with van der Waals surface area (Å²) in [6.07, 6.45) is 0.667. The largest absolute Gasteiger partial charge is 0.444 e. The summed E-state index contributed by atoms with van der Waals surface area (Å²) in [6, 6.07) is 9.75. The zero-order chi connectivity index (χ0) is 24.4. The molecule has 180 valence electrons. The Hall–Kier alpha value is -2.61. The highest BCUT2D eigenvalue weighted by molar-refractivity contribution is 5.99. The lowest BCUT2D eigenvalue weighted by atomic mass is 10.1. The molecular weight excluding hydrogens is 410 g/mol. The van der Waals surface area contributed by atoms with E-state index < -0.39 is 29.3 Å². The van der Waals surface area contributed by atoms with Gasteiger partial charge in [0.05, 0.1) is 19.3 Å². The number of alkyl carbamates (subject to hydrolysis) is 1. The summed E-state index contributed by atoms with van der Waals surface area (Å²) in [4.78, 5) is 26.1. The number of amides is 2. The van der Waals surface area contributed by atoms with Gasteiger partial charge >= 0.3 is 12.2 Å². The first-order valence-electron chi connectivity index (χ1n) is 11.1. The van der Waals surface area contributed by atoms with Gasteiger partial charge in [-0.05, 0) is 53.5 Å². The molecule has 0 fully saturated rings. The van der Waals surface area contributed by atoms with Crippen LogP contribution in [0, 0.1) is 5.41 Å². The molecule has 0 saturated heterocycles. The Morgan fingerprint density at radius 3 is 2.16 bits per heavy atom. The first kappa shape index (κ1) is 27.4. The van der Waals surface area contributed by atoms with E-state index >= 15 is 0 Å². The molecular formula is C24H39N3O5. The van der Waals surface area contributed by atoms with Gasteiger partial charge in [0.25, 0.3) is 0 Å². The Morgan fingerprint density at radius 1 is 1.03 bits per heavy atom. The molecule has 8 heteroatoms. The highest BCUT2D eigenvalue weighted by atomic mass is 16.6. The monoisotopic (exact) mass is 449 g/mol. The molecule has 2 N–H and O–H groups in total. The molecule has 1 atom stereocenters. The van der Waals surface area contributed by atoms with Crippen LogP contribution in [-0.2, 0) is 20.8 Å². The van der Waals surface area contributed by atoms with Crippen molar-refractivity contribution in [2.24, 2.45) is 0 Å². The molecule has 1 rings (SSSR count). The Kier molecular flexibility index (Phi) is 10.7. The predicted molar refractivity (Wildman–Crippen MR) is 125 cm³/mol. The van der Waals surface area contributed by atoms with Crippen molar-refractivity contribution in [1.29, 1.82) is 5.41 Å². The summed E-state index contributed by atoms with van der Waals surface area (Å²) in [5, 5.41) is 10.7. The van der Waals surface area contributed by atoms with Crippen LogP contribution in [0.2, 0.25) is 0 Å². The van der Waals surface area contributed by atoms with Crippen LogP contribution in [0.3, 0.4) is 0 Å². The average molecular weight is 450 g/mol. The van der Waals surface area contributed by atoms with E-state index in [2.05, 4.69) is 12.2 Å². The predicted octanol–water partition coefficient (Wildman–Crippen LogP) is 5.46. The second-order valence-electron chi connectivity index (χ2n) is 9.63. The van der Waals surface area contributed by atoms with Crippen molar-refractivity contribution >= 4 is 18.1 Å². The fourth-order valence-corrected chi connectivity index (χ4v) is 2.69. The molecule has 0 spiro atoms. The number of rotatable bonds is 8. The lowest BCUT2D eigenvalue weighted by Gasteiger charge is -2.30. The van der Waals surface area contributed by atoms with Gasteiger partial charge < -0.3 is 14.2 Å². The molecule has 0 aliphatic carbocycles. The number of hydrogen-bond acceptors (Lipinski definition) is 6. The third kappa shape index (κ3) is 11.7. The number of guanidine groups is 1. The van der Waals surface area contributed by atoms with E-state index in [1.54, 1.807) is 41.5 Å². The first-order chi connectivity index (χ1) is 14.8. The number of ether oxygens (including phenoxy) is 3. The second-order valence-corrected chi connectivity index (χ2v) is 9.63. The molecule has 1 aromatic carbocycles. The fourth-order valence-electron chi connectivity index (χ4n) is 2.69. The Bertz CT molecular complexity index is 738. The van der Waals surface area contributed by atoms with Crippen LogP contribution >= 0.6 is 0 Å². The van der Waals surface area contributed by atoms with Crippen LogP contribution in [0.5, 0.6) is 0 Å². The lowest BCUT2D eigenvalue weighted by Crippen LogP contribution is -2.52. The molecule has 1 aromatic rings. The topological polar surface area (TPSA) is 101 Å². The van der Waals surface area contributed by atoms with E-state index in [0.29, 0.717) is 13.0 Å². The molecule has 0 radical (unpaired) electrons. The third-order valence-corrected chi connectivity index (χ3v) is 4.10. The standard InChI is InChI=1S/C24H39N3O5/c1-8-9-15-19(30-17-18-13-11-10-12-14-18)16-27(22(29)32-24(5,6)7)20(25)26-21(28)31-23(2,3)4/h10-14,19H,8-9,15-17H2,1-7H3,(H2,25,26,28). The summed E-state index contributed by atoms with van der Waals surface area (Å²) in [7, 11) is 0. The van der Waals surface area contributed by atoms with Crippen molar-refractivity contribution in [3.63, 3.8) is 0 Å². The molecule has 2 amide bonds. The maximum Gasteiger partial charge on any atom is 0.417 e. The maximum absolute atomic E-state index is 12.9. The molecule has 0 heterocycles. The Balaban J connectivity index is 2.98. The quantitative estimate of drug-likeness (QED) is 0.405. The van der Waals surface area contributed by atoms with Crippen molar-refractivity contribution in [3.05, 3.63) is 35.9 Å². The molecule has 1 unspecified atom stereocenters. The van der Waals surface area contributed by atoms with Gasteiger partial charge in [-0.2, -0.15) is 0 Å². The van der Waals surface area contributed by atoms with E-state index in [0.717, 1.165) is 23.3 Å². The van der Waals surface area contributed by atoms with Gasteiger partial charge in [0.1, 0.15) is 11.2 Å². The molecule has 0 saturated carbocycles. The highest BCUT2D eigenvalue weighted by Crippen LogP contribution is 2.15. The van der Waals surface area contributed by atoms with Crippen molar-refractivity contribution in [1.82, 2.24) is 10.2 Å². The number of hydrogen-bond donors (Lipinski definition) is 2. The van der Waals surface area contributed by atoms with Crippen LogP contribution in [0.25, 0.3) is 0 Å². The third-order valence-electron chi connectivity index (χ3n) is 4.10. The van der Waals surface area contributed by atoms with Crippen LogP contribution in [-0.4, -0.2) is 46.9 Å². The van der Waals surface area contributed by atoms with Gasteiger partial charge in [0, 0.05) is 0 Å². The first-order valence-corrected chi connectivity index (χ1v) is 11.1. The number of benzene rings is 1. The van der Waals surface area contributed by atoms with Crippen molar-refractivity contribution in [2.75, 3.05) is 6.54 Å². The molecule has 0 bridgehead atoms. The maximum atomic E-state index is 12.9.